The zero-order valence-corrected chi connectivity index (χ0v) is 12.8. The number of amides is 1. The van der Waals surface area contributed by atoms with Crippen molar-refractivity contribution in [1.29, 1.82) is 0 Å². The molecule has 1 aromatic rings. The number of anilines is 1. The number of benzene rings is 1. The highest BCUT2D eigenvalue weighted by Gasteiger charge is 2.16. The number of sulfone groups is 1. The standard InChI is InChI=1S/C12H17ClN2O4S/c1-19-11-4-3-8(7-9(11)13)15-12(16)10(14)5-6-20(2,17)18/h3-4,7,10H,5-6,14H2,1-2H3,(H,15,16). The lowest BCUT2D eigenvalue weighted by molar-refractivity contribution is -0.117. The van der Waals surface area contributed by atoms with Gasteiger partial charge < -0.3 is 15.8 Å². The zero-order valence-electron chi connectivity index (χ0n) is 11.2. The molecule has 0 radical (unpaired) electrons. The maximum absolute atomic E-state index is 11.8. The number of ether oxygens (including phenoxy) is 1. The maximum Gasteiger partial charge on any atom is 0.241 e. The van der Waals surface area contributed by atoms with E-state index in [2.05, 4.69) is 5.32 Å². The van der Waals surface area contributed by atoms with E-state index in [9.17, 15) is 13.2 Å². The molecule has 0 aliphatic rings. The molecule has 6 nitrogen and oxygen atoms in total. The number of nitrogens with one attached hydrogen (secondary N) is 1. The van der Waals surface area contributed by atoms with E-state index in [0.29, 0.717) is 16.5 Å². The second kappa shape index (κ2) is 6.92. The summed E-state index contributed by atoms with van der Waals surface area (Å²) in [5.74, 6) is -0.105. The van der Waals surface area contributed by atoms with Gasteiger partial charge in [-0.2, -0.15) is 0 Å². The van der Waals surface area contributed by atoms with Crippen molar-refractivity contribution in [2.45, 2.75) is 12.5 Å². The summed E-state index contributed by atoms with van der Waals surface area (Å²) in [5, 5.41) is 2.93. The first kappa shape index (κ1) is 16.7. The van der Waals surface area contributed by atoms with Crippen molar-refractivity contribution < 1.29 is 17.9 Å². The average molecular weight is 321 g/mol. The van der Waals surface area contributed by atoms with Crippen molar-refractivity contribution >= 4 is 33.0 Å². The summed E-state index contributed by atoms with van der Waals surface area (Å²) in [6.45, 7) is 0. The van der Waals surface area contributed by atoms with Gasteiger partial charge in [0.1, 0.15) is 15.6 Å². The second-order valence-corrected chi connectivity index (χ2v) is 7.03. The smallest absolute Gasteiger partial charge is 0.241 e. The molecule has 0 bridgehead atoms. The third-order valence-electron chi connectivity index (χ3n) is 2.56. The molecular weight excluding hydrogens is 304 g/mol. The van der Waals surface area contributed by atoms with Gasteiger partial charge in [-0.05, 0) is 24.6 Å². The number of carbonyl (C=O) groups is 1. The van der Waals surface area contributed by atoms with E-state index in [4.69, 9.17) is 22.1 Å². The molecule has 8 heteroatoms. The Balaban J connectivity index is 2.64. The number of hydrogen-bond donors (Lipinski definition) is 2. The molecular formula is C12H17ClN2O4S. The fraction of sp³-hybridized carbons (Fsp3) is 0.417. The monoisotopic (exact) mass is 320 g/mol. The van der Waals surface area contributed by atoms with Gasteiger partial charge in [-0.15, -0.1) is 0 Å². The number of methoxy groups -OCH3 is 1. The molecule has 1 aromatic carbocycles. The van der Waals surface area contributed by atoms with Crippen LogP contribution in [0.3, 0.4) is 0 Å². The van der Waals surface area contributed by atoms with Crippen molar-refractivity contribution in [1.82, 2.24) is 0 Å². The molecule has 0 aliphatic carbocycles. The number of halogens is 1. The number of carbonyl (C=O) groups excluding carboxylic acids is 1. The average Bonchev–Trinajstić information content (AvgIpc) is 2.35. The normalized spacial score (nSPS) is 12.8. The molecule has 0 saturated carbocycles. The van der Waals surface area contributed by atoms with Crippen LogP contribution in [0.15, 0.2) is 18.2 Å². The minimum absolute atomic E-state index is 0.0640. The van der Waals surface area contributed by atoms with Crippen molar-refractivity contribution in [3.63, 3.8) is 0 Å². The van der Waals surface area contributed by atoms with Crippen LogP contribution in [-0.4, -0.2) is 39.5 Å². The van der Waals surface area contributed by atoms with Crippen LogP contribution in [0, 0.1) is 0 Å². The molecule has 0 saturated heterocycles. The Morgan fingerprint density at radius 3 is 2.65 bits per heavy atom. The molecule has 0 spiro atoms. The highest BCUT2D eigenvalue weighted by molar-refractivity contribution is 7.90. The van der Waals surface area contributed by atoms with Gasteiger partial charge in [-0.3, -0.25) is 4.79 Å². The molecule has 1 rings (SSSR count). The van der Waals surface area contributed by atoms with E-state index in [1.165, 1.54) is 13.2 Å². The molecule has 0 aromatic heterocycles. The number of rotatable bonds is 6. The largest absolute Gasteiger partial charge is 0.495 e. The SMILES string of the molecule is COc1ccc(NC(=O)C(N)CCS(C)(=O)=O)cc1Cl. The first-order valence-electron chi connectivity index (χ1n) is 5.80. The lowest BCUT2D eigenvalue weighted by Gasteiger charge is -2.12. The van der Waals surface area contributed by atoms with Gasteiger partial charge in [0.05, 0.1) is 23.9 Å². The molecule has 20 heavy (non-hydrogen) atoms. The summed E-state index contributed by atoms with van der Waals surface area (Å²) in [5.41, 5.74) is 6.10. The highest BCUT2D eigenvalue weighted by Crippen LogP contribution is 2.27. The third kappa shape index (κ3) is 5.36. The molecule has 1 atom stereocenters. The van der Waals surface area contributed by atoms with Crippen LogP contribution >= 0.6 is 11.6 Å². The Morgan fingerprint density at radius 2 is 2.15 bits per heavy atom. The quantitative estimate of drug-likeness (QED) is 0.816. The fourth-order valence-corrected chi connectivity index (χ4v) is 2.39. The van der Waals surface area contributed by atoms with Gasteiger partial charge in [-0.25, -0.2) is 8.42 Å². The highest BCUT2D eigenvalue weighted by atomic mass is 35.5. The number of hydrogen-bond acceptors (Lipinski definition) is 5. The van der Waals surface area contributed by atoms with Crippen LogP contribution in [0.1, 0.15) is 6.42 Å². The molecule has 0 heterocycles. The molecule has 112 valence electrons. The summed E-state index contributed by atoms with van der Waals surface area (Å²) < 4.78 is 27.0. The Labute approximate surface area is 123 Å². The van der Waals surface area contributed by atoms with Crippen molar-refractivity contribution in [2.75, 3.05) is 24.4 Å². The predicted molar refractivity (Wildman–Crippen MR) is 78.9 cm³/mol. The molecule has 0 aliphatic heterocycles. The van der Waals surface area contributed by atoms with E-state index in [0.717, 1.165) is 6.26 Å². The van der Waals surface area contributed by atoms with Crippen LogP contribution in [0.25, 0.3) is 0 Å². The lowest BCUT2D eigenvalue weighted by Crippen LogP contribution is -2.37. The Morgan fingerprint density at radius 1 is 1.50 bits per heavy atom. The van der Waals surface area contributed by atoms with Crippen LogP contribution in [0.5, 0.6) is 5.75 Å². The van der Waals surface area contributed by atoms with E-state index in [-0.39, 0.29) is 12.2 Å². The molecule has 3 N–H and O–H groups in total. The Kier molecular flexibility index (Phi) is 5.79. The van der Waals surface area contributed by atoms with Gasteiger partial charge in [0, 0.05) is 11.9 Å². The Hall–Kier alpha value is -1.31. The molecule has 1 amide bonds. The maximum atomic E-state index is 11.8. The van der Waals surface area contributed by atoms with Gasteiger partial charge in [0.25, 0.3) is 0 Å². The third-order valence-corrected chi connectivity index (χ3v) is 3.83. The minimum atomic E-state index is -3.14. The minimum Gasteiger partial charge on any atom is -0.495 e. The van der Waals surface area contributed by atoms with Gasteiger partial charge in [0.15, 0.2) is 0 Å². The van der Waals surface area contributed by atoms with Crippen molar-refractivity contribution in [2.24, 2.45) is 5.73 Å². The van der Waals surface area contributed by atoms with Crippen molar-refractivity contribution in [3.05, 3.63) is 23.2 Å². The first-order chi connectivity index (χ1) is 9.23. The topological polar surface area (TPSA) is 98.5 Å². The summed E-state index contributed by atoms with van der Waals surface area (Å²) in [4.78, 5) is 11.8. The van der Waals surface area contributed by atoms with Crippen LogP contribution in [0.2, 0.25) is 5.02 Å². The lowest BCUT2D eigenvalue weighted by atomic mass is 10.2. The predicted octanol–water partition coefficient (Wildman–Crippen LogP) is 1.05. The summed E-state index contributed by atoms with van der Waals surface area (Å²) in [6.07, 6.45) is 1.16. The molecule has 1 unspecified atom stereocenters. The van der Waals surface area contributed by atoms with Gasteiger partial charge in [0.2, 0.25) is 5.91 Å². The first-order valence-corrected chi connectivity index (χ1v) is 8.24. The van der Waals surface area contributed by atoms with E-state index < -0.39 is 21.8 Å². The van der Waals surface area contributed by atoms with Gasteiger partial charge >= 0.3 is 0 Å². The summed E-state index contributed by atoms with van der Waals surface area (Å²) in [6, 6.07) is 3.86. The second-order valence-electron chi connectivity index (χ2n) is 4.36. The Bertz CT molecular complexity index is 589. The zero-order chi connectivity index (χ0) is 15.3. The van der Waals surface area contributed by atoms with E-state index >= 15 is 0 Å². The van der Waals surface area contributed by atoms with Gasteiger partial charge in [-0.1, -0.05) is 11.6 Å². The number of nitrogens with two attached hydrogens (primary N) is 1. The fourth-order valence-electron chi connectivity index (χ4n) is 1.45. The summed E-state index contributed by atoms with van der Waals surface area (Å²) in [7, 11) is -1.65. The summed E-state index contributed by atoms with van der Waals surface area (Å²) >= 11 is 5.93. The van der Waals surface area contributed by atoms with Crippen LogP contribution in [-0.2, 0) is 14.6 Å². The van der Waals surface area contributed by atoms with Crippen molar-refractivity contribution in [3.8, 4) is 5.75 Å². The van der Waals surface area contributed by atoms with Crippen LogP contribution in [0.4, 0.5) is 5.69 Å². The van der Waals surface area contributed by atoms with E-state index in [1.54, 1.807) is 12.1 Å². The van der Waals surface area contributed by atoms with E-state index in [1.807, 2.05) is 0 Å². The van der Waals surface area contributed by atoms with Crippen LogP contribution < -0.4 is 15.8 Å². The molecule has 0 fully saturated rings.